The summed E-state index contributed by atoms with van der Waals surface area (Å²) >= 11 is 0. The van der Waals surface area contributed by atoms with Gasteiger partial charge in [-0.25, -0.2) is 0 Å². The summed E-state index contributed by atoms with van der Waals surface area (Å²) in [4.78, 5) is 0. The van der Waals surface area contributed by atoms with Gasteiger partial charge in [-0.2, -0.15) is 5.06 Å². The second-order valence-electron chi connectivity index (χ2n) is 1.37. The van der Waals surface area contributed by atoms with Crippen molar-refractivity contribution in [1.82, 2.24) is 5.06 Å². The molecule has 0 spiro atoms. The number of ether oxygens (including phenoxy) is 1. The van der Waals surface area contributed by atoms with Gasteiger partial charge in [0.15, 0.2) is 0 Å². The van der Waals surface area contributed by atoms with Crippen LogP contribution in [0.4, 0.5) is 0 Å². The molecular formula is C4H12ClNO2. The van der Waals surface area contributed by atoms with Gasteiger partial charge in [-0.15, -0.1) is 12.4 Å². The van der Waals surface area contributed by atoms with E-state index in [2.05, 4.69) is 4.74 Å². The first kappa shape index (κ1) is 11.0. The molecule has 0 amide bonds. The van der Waals surface area contributed by atoms with Gasteiger partial charge in [-0.1, -0.05) is 0 Å². The molecule has 0 saturated heterocycles. The summed E-state index contributed by atoms with van der Waals surface area (Å²) in [5, 5.41) is 9.52. The Balaban J connectivity index is 0. The molecule has 0 aliphatic rings. The Morgan fingerprint density at radius 1 is 1.62 bits per heavy atom. The van der Waals surface area contributed by atoms with E-state index in [1.54, 1.807) is 14.2 Å². The minimum atomic E-state index is 0. The van der Waals surface area contributed by atoms with Crippen LogP contribution in [0.15, 0.2) is 0 Å². The molecule has 4 heteroatoms. The van der Waals surface area contributed by atoms with E-state index in [1.165, 1.54) is 0 Å². The number of hydrogen-bond donors (Lipinski definition) is 1. The number of hydroxylamine groups is 2. The Morgan fingerprint density at radius 3 is 2.25 bits per heavy atom. The van der Waals surface area contributed by atoms with E-state index in [1.807, 2.05) is 0 Å². The fourth-order valence-corrected chi connectivity index (χ4v) is 0.223. The predicted molar refractivity (Wildman–Crippen MR) is 33.5 cm³/mol. The molecule has 0 rings (SSSR count). The molecule has 0 aromatic carbocycles. The van der Waals surface area contributed by atoms with E-state index >= 15 is 0 Å². The maximum atomic E-state index is 8.44. The molecule has 0 bridgehead atoms. The Kier molecular flexibility index (Phi) is 9.89. The van der Waals surface area contributed by atoms with Crippen LogP contribution in [-0.2, 0) is 4.74 Å². The summed E-state index contributed by atoms with van der Waals surface area (Å²) < 4.78 is 4.65. The van der Waals surface area contributed by atoms with Gasteiger partial charge in [-0.05, 0) is 0 Å². The third kappa shape index (κ3) is 9.48. The van der Waals surface area contributed by atoms with Crippen molar-refractivity contribution in [3.05, 3.63) is 0 Å². The zero-order valence-electron chi connectivity index (χ0n) is 5.13. The van der Waals surface area contributed by atoms with Gasteiger partial charge in [-0.3, -0.25) is 0 Å². The first-order valence-electron chi connectivity index (χ1n) is 2.16. The van der Waals surface area contributed by atoms with Crippen molar-refractivity contribution in [2.24, 2.45) is 0 Å². The van der Waals surface area contributed by atoms with Gasteiger partial charge in [0, 0.05) is 20.7 Å². The van der Waals surface area contributed by atoms with Crippen LogP contribution >= 0.6 is 12.4 Å². The molecule has 0 aliphatic carbocycles. The normalized spacial score (nSPS) is 9.00. The molecule has 0 fully saturated rings. The molecule has 1 N–H and O–H groups in total. The Labute approximate surface area is 55.6 Å². The number of rotatable bonds is 3. The molecule has 8 heavy (non-hydrogen) atoms. The van der Waals surface area contributed by atoms with Crippen LogP contribution in [-0.4, -0.2) is 37.6 Å². The first-order chi connectivity index (χ1) is 3.27. The minimum Gasteiger partial charge on any atom is -0.383 e. The number of halogens is 1. The van der Waals surface area contributed by atoms with E-state index < -0.39 is 0 Å². The van der Waals surface area contributed by atoms with Crippen molar-refractivity contribution in [2.45, 2.75) is 0 Å². The maximum absolute atomic E-state index is 8.44. The van der Waals surface area contributed by atoms with Crippen molar-refractivity contribution in [1.29, 1.82) is 0 Å². The molecule has 3 nitrogen and oxygen atoms in total. The fourth-order valence-electron chi connectivity index (χ4n) is 0.223. The second-order valence-corrected chi connectivity index (χ2v) is 1.37. The largest absolute Gasteiger partial charge is 0.383 e. The first-order valence-corrected chi connectivity index (χ1v) is 2.16. The van der Waals surface area contributed by atoms with Crippen molar-refractivity contribution in [2.75, 3.05) is 27.3 Å². The highest BCUT2D eigenvalue weighted by atomic mass is 35.5. The molecule has 0 aliphatic heterocycles. The van der Waals surface area contributed by atoms with Crippen LogP contribution in [0, 0.1) is 0 Å². The summed E-state index contributed by atoms with van der Waals surface area (Å²) in [6.07, 6.45) is 0. The summed E-state index contributed by atoms with van der Waals surface area (Å²) in [6, 6.07) is 0. The van der Waals surface area contributed by atoms with E-state index in [9.17, 15) is 0 Å². The van der Waals surface area contributed by atoms with E-state index in [-0.39, 0.29) is 12.4 Å². The van der Waals surface area contributed by atoms with Crippen LogP contribution in [0.3, 0.4) is 0 Å². The molecule has 0 aromatic heterocycles. The van der Waals surface area contributed by atoms with Crippen LogP contribution in [0.25, 0.3) is 0 Å². The van der Waals surface area contributed by atoms with Crippen molar-refractivity contribution in [3.8, 4) is 0 Å². The molecular weight excluding hydrogens is 130 g/mol. The van der Waals surface area contributed by atoms with Gasteiger partial charge in [0.25, 0.3) is 0 Å². The summed E-state index contributed by atoms with van der Waals surface area (Å²) in [6.45, 7) is 1.14. The number of nitrogens with zero attached hydrogens (tertiary/aromatic N) is 1. The Morgan fingerprint density at radius 2 is 2.12 bits per heavy atom. The van der Waals surface area contributed by atoms with Gasteiger partial charge in [0.2, 0.25) is 0 Å². The zero-order chi connectivity index (χ0) is 5.70. The van der Waals surface area contributed by atoms with E-state index in [0.29, 0.717) is 13.2 Å². The van der Waals surface area contributed by atoms with Crippen LogP contribution < -0.4 is 0 Å². The molecule has 0 radical (unpaired) electrons. The standard InChI is InChI=1S/C4H11NO2.ClH/c1-5(6)3-4-7-2;/h6H,3-4H2,1-2H3;1H. The molecule has 0 atom stereocenters. The van der Waals surface area contributed by atoms with Gasteiger partial charge in [0.05, 0.1) is 6.61 Å². The van der Waals surface area contributed by atoms with Gasteiger partial charge >= 0.3 is 0 Å². The molecule has 52 valence electrons. The van der Waals surface area contributed by atoms with E-state index in [4.69, 9.17) is 5.21 Å². The van der Waals surface area contributed by atoms with Crippen molar-refractivity contribution < 1.29 is 9.94 Å². The smallest absolute Gasteiger partial charge is 0.0612 e. The predicted octanol–water partition coefficient (Wildman–Crippen LogP) is 0.376. The zero-order valence-corrected chi connectivity index (χ0v) is 5.94. The van der Waals surface area contributed by atoms with Gasteiger partial charge < -0.3 is 9.94 Å². The fraction of sp³-hybridized carbons (Fsp3) is 1.00. The molecule has 0 aromatic rings. The van der Waals surface area contributed by atoms with Crippen molar-refractivity contribution in [3.63, 3.8) is 0 Å². The van der Waals surface area contributed by atoms with Crippen LogP contribution in [0.1, 0.15) is 0 Å². The lowest BCUT2D eigenvalue weighted by atomic mass is 10.7. The topological polar surface area (TPSA) is 32.7 Å². The number of likely N-dealkylation sites (N-methyl/N-ethyl adjacent to an activating group) is 1. The SMILES string of the molecule is COCCN(C)O.Cl. The minimum absolute atomic E-state index is 0. The van der Waals surface area contributed by atoms with Crippen LogP contribution in [0.2, 0.25) is 0 Å². The Hall–Kier alpha value is 0.170. The molecule has 0 unspecified atom stereocenters. The van der Waals surface area contributed by atoms with Crippen molar-refractivity contribution >= 4 is 12.4 Å². The van der Waals surface area contributed by atoms with E-state index in [0.717, 1.165) is 5.06 Å². The monoisotopic (exact) mass is 141 g/mol. The summed E-state index contributed by atoms with van der Waals surface area (Å²) in [5.74, 6) is 0. The highest BCUT2D eigenvalue weighted by Crippen LogP contribution is 1.71. The lowest BCUT2D eigenvalue weighted by Crippen LogP contribution is -2.17. The Bertz CT molecular complexity index is 43.0. The summed E-state index contributed by atoms with van der Waals surface area (Å²) in [5.41, 5.74) is 0. The quantitative estimate of drug-likeness (QED) is 0.577. The maximum Gasteiger partial charge on any atom is 0.0612 e. The lowest BCUT2D eigenvalue weighted by molar-refractivity contribution is -0.0767. The number of methoxy groups -OCH3 is 1. The highest BCUT2D eigenvalue weighted by molar-refractivity contribution is 5.85. The third-order valence-electron chi connectivity index (χ3n) is 0.619. The molecule has 0 saturated carbocycles. The second kappa shape index (κ2) is 7.17. The number of hydrogen-bond acceptors (Lipinski definition) is 3. The van der Waals surface area contributed by atoms with Crippen LogP contribution in [0.5, 0.6) is 0 Å². The average Bonchev–Trinajstić information content (AvgIpc) is 1.61. The lowest BCUT2D eigenvalue weighted by Gasteiger charge is -2.04. The molecule has 0 heterocycles. The summed E-state index contributed by atoms with van der Waals surface area (Å²) in [7, 11) is 3.18. The highest BCUT2D eigenvalue weighted by Gasteiger charge is 1.85. The average molecular weight is 142 g/mol. The van der Waals surface area contributed by atoms with Gasteiger partial charge in [0.1, 0.15) is 0 Å². The third-order valence-corrected chi connectivity index (χ3v) is 0.619.